The Hall–Kier alpha value is -3.70. The number of nitro benzene ring substituents is 1. The second-order valence-corrected chi connectivity index (χ2v) is 13.5. The fourth-order valence-electron chi connectivity index (χ4n) is 5.08. The predicted molar refractivity (Wildman–Crippen MR) is 161 cm³/mol. The highest BCUT2D eigenvalue weighted by Gasteiger charge is 2.48. The van der Waals surface area contributed by atoms with E-state index in [0.717, 1.165) is 15.3 Å². The summed E-state index contributed by atoms with van der Waals surface area (Å²) in [5.74, 6) is 0. The van der Waals surface area contributed by atoms with Crippen molar-refractivity contribution in [3.63, 3.8) is 0 Å². The molecule has 0 spiro atoms. The number of hydrogen-bond acceptors (Lipinski definition) is 4. The van der Waals surface area contributed by atoms with Gasteiger partial charge in [0.2, 0.25) is 0 Å². The lowest BCUT2D eigenvalue weighted by Gasteiger charge is -2.29. The quantitative estimate of drug-likeness (QED) is 0.164. The van der Waals surface area contributed by atoms with Crippen LogP contribution in [0.4, 0.5) is 5.69 Å². The fourth-order valence-corrected chi connectivity index (χ4v) is 10.5. The zero-order chi connectivity index (χ0) is 26.1. The standard InChI is InChI=1S/C32H24N2O2PS.BrH/c1-23-17-18-24(32-33-29-22-25(34(35)36)19-20-31(29)38-32)21-30(23)37(26-11-5-2-6-12-26,27-13-7-3-8-14-27)28-15-9-4-10-16-28;/h2-22H,1H3;1H/q+1;/p-1. The Morgan fingerprint density at radius 3 is 1.77 bits per heavy atom. The zero-order valence-electron chi connectivity index (χ0n) is 21.1. The van der Waals surface area contributed by atoms with Gasteiger partial charge in [0.15, 0.2) is 0 Å². The van der Waals surface area contributed by atoms with E-state index in [1.54, 1.807) is 29.5 Å². The average Bonchev–Trinajstić information content (AvgIpc) is 3.40. The first kappa shape index (κ1) is 26.9. The van der Waals surface area contributed by atoms with E-state index in [0.29, 0.717) is 5.52 Å². The van der Waals surface area contributed by atoms with Crippen LogP contribution in [0, 0.1) is 17.0 Å². The van der Waals surface area contributed by atoms with Gasteiger partial charge in [-0.15, -0.1) is 11.3 Å². The van der Waals surface area contributed by atoms with Crippen molar-refractivity contribution in [1.29, 1.82) is 0 Å². The molecular formula is C32H24BrN2O2PS. The van der Waals surface area contributed by atoms with Gasteiger partial charge >= 0.3 is 0 Å². The normalized spacial score (nSPS) is 11.2. The van der Waals surface area contributed by atoms with Crippen LogP contribution in [0.15, 0.2) is 127 Å². The number of non-ortho nitro benzene ring substituents is 1. The summed E-state index contributed by atoms with van der Waals surface area (Å²) in [6.45, 7) is 2.18. The summed E-state index contributed by atoms with van der Waals surface area (Å²) in [5, 5.41) is 17.3. The second kappa shape index (κ2) is 11.2. The third kappa shape index (κ3) is 4.80. The first-order valence-electron chi connectivity index (χ1n) is 12.3. The molecule has 0 aliphatic carbocycles. The van der Waals surface area contributed by atoms with E-state index in [1.807, 2.05) is 0 Å². The highest BCUT2D eigenvalue weighted by Crippen LogP contribution is 2.55. The minimum atomic E-state index is -2.26. The number of aromatic nitrogens is 1. The molecule has 192 valence electrons. The van der Waals surface area contributed by atoms with Crippen LogP contribution in [0.1, 0.15) is 5.56 Å². The van der Waals surface area contributed by atoms with Gasteiger partial charge in [-0.2, -0.15) is 0 Å². The molecule has 5 aromatic carbocycles. The number of fused-ring (bicyclic) bond motifs is 1. The van der Waals surface area contributed by atoms with Gasteiger partial charge in [-0.1, -0.05) is 66.7 Å². The molecule has 4 nitrogen and oxygen atoms in total. The maximum atomic E-state index is 11.3. The Bertz CT molecular complexity index is 1660. The molecule has 1 aromatic heterocycles. The molecule has 0 saturated heterocycles. The lowest BCUT2D eigenvalue weighted by atomic mass is 10.1. The lowest BCUT2D eigenvalue weighted by Crippen LogP contribution is -3.00. The maximum absolute atomic E-state index is 11.3. The second-order valence-electron chi connectivity index (χ2n) is 9.11. The molecular weight excluding hydrogens is 587 g/mol. The van der Waals surface area contributed by atoms with Crippen molar-refractivity contribution >= 4 is 55.7 Å². The highest BCUT2D eigenvalue weighted by atomic mass is 79.9. The molecule has 0 atom stereocenters. The molecule has 0 aliphatic heterocycles. The summed E-state index contributed by atoms with van der Waals surface area (Å²) in [4.78, 5) is 15.8. The molecule has 39 heavy (non-hydrogen) atoms. The molecule has 0 N–H and O–H groups in total. The smallest absolute Gasteiger partial charge is 0.271 e. The topological polar surface area (TPSA) is 56.0 Å². The minimum absolute atomic E-state index is 0. The van der Waals surface area contributed by atoms with Crippen molar-refractivity contribution in [3.05, 3.63) is 143 Å². The average molecular weight is 612 g/mol. The first-order valence-corrected chi connectivity index (χ1v) is 14.9. The Morgan fingerprint density at radius 2 is 1.26 bits per heavy atom. The minimum Gasteiger partial charge on any atom is -1.00 e. The maximum Gasteiger partial charge on any atom is 0.271 e. The predicted octanol–water partition coefficient (Wildman–Crippen LogP) is 3.80. The molecule has 1 heterocycles. The Labute approximate surface area is 242 Å². The molecule has 7 heteroatoms. The molecule has 0 aliphatic rings. The van der Waals surface area contributed by atoms with Crippen molar-refractivity contribution in [2.24, 2.45) is 0 Å². The SMILES string of the molecule is Cc1ccc(-c2nc3cc([N+](=O)[O-])ccc3s2)cc1[P+](c1ccccc1)(c1ccccc1)c1ccccc1.[Br-]. The largest absolute Gasteiger partial charge is 1.00 e. The van der Waals surface area contributed by atoms with Gasteiger partial charge in [-0.25, -0.2) is 4.98 Å². The lowest BCUT2D eigenvalue weighted by molar-refractivity contribution is -0.384. The van der Waals surface area contributed by atoms with Gasteiger partial charge in [-0.05, 0) is 61.0 Å². The van der Waals surface area contributed by atoms with E-state index in [4.69, 9.17) is 4.98 Å². The van der Waals surface area contributed by atoms with Crippen molar-refractivity contribution in [1.82, 2.24) is 4.98 Å². The number of rotatable bonds is 6. The van der Waals surface area contributed by atoms with E-state index in [2.05, 4.69) is 116 Å². The monoisotopic (exact) mass is 610 g/mol. The van der Waals surface area contributed by atoms with Gasteiger partial charge in [0, 0.05) is 17.7 Å². The van der Waals surface area contributed by atoms with Crippen molar-refractivity contribution in [3.8, 4) is 10.6 Å². The number of aryl methyl sites for hydroxylation is 1. The number of benzene rings is 5. The molecule has 0 radical (unpaired) electrons. The molecule has 0 unspecified atom stereocenters. The summed E-state index contributed by atoms with van der Waals surface area (Å²) < 4.78 is 0.933. The van der Waals surface area contributed by atoms with Crippen molar-refractivity contribution in [2.45, 2.75) is 6.92 Å². The Balaban J connectivity index is 0.00000308. The van der Waals surface area contributed by atoms with Crippen LogP contribution in [0.2, 0.25) is 0 Å². The molecule has 0 bridgehead atoms. The van der Waals surface area contributed by atoms with Crippen LogP contribution >= 0.6 is 18.6 Å². The van der Waals surface area contributed by atoms with Crippen LogP contribution in [-0.2, 0) is 0 Å². The molecule has 0 fully saturated rings. The molecule has 0 amide bonds. The number of hydrogen-bond donors (Lipinski definition) is 0. The van der Waals surface area contributed by atoms with Crippen LogP contribution in [0.25, 0.3) is 20.8 Å². The number of thiazole rings is 1. The zero-order valence-corrected chi connectivity index (χ0v) is 24.4. The molecule has 0 saturated carbocycles. The third-order valence-corrected chi connectivity index (χ3v) is 12.3. The van der Waals surface area contributed by atoms with Crippen LogP contribution in [0.5, 0.6) is 0 Å². The van der Waals surface area contributed by atoms with Crippen molar-refractivity contribution in [2.75, 3.05) is 0 Å². The molecule has 6 aromatic rings. The Morgan fingerprint density at radius 1 is 0.718 bits per heavy atom. The summed E-state index contributed by atoms with van der Waals surface area (Å²) >= 11 is 1.56. The summed E-state index contributed by atoms with van der Waals surface area (Å²) in [5.41, 5.74) is 2.94. The first-order chi connectivity index (χ1) is 18.6. The van der Waals surface area contributed by atoms with E-state index >= 15 is 0 Å². The third-order valence-electron chi connectivity index (χ3n) is 6.83. The van der Waals surface area contributed by atoms with E-state index < -0.39 is 7.26 Å². The summed E-state index contributed by atoms with van der Waals surface area (Å²) in [6, 6.07) is 43.9. The van der Waals surface area contributed by atoms with Crippen LogP contribution in [0.3, 0.4) is 0 Å². The van der Waals surface area contributed by atoms with Gasteiger partial charge in [0.05, 0.1) is 15.1 Å². The fraction of sp³-hybridized carbons (Fsp3) is 0.0312. The number of nitrogens with zero attached hydrogens (tertiary/aromatic N) is 2. The van der Waals surface area contributed by atoms with Gasteiger partial charge in [0.1, 0.15) is 33.5 Å². The van der Waals surface area contributed by atoms with Crippen LogP contribution in [-0.4, -0.2) is 9.91 Å². The van der Waals surface area contributed by atoms with Crippen molar-refractivity contribution < 1.29 is 21.9 Å². The number of halogens is 1. The van der Waals surface area contributed by atoms with Gasteiger partial charge in [-0.3, -0.25) is 10.1 Å². The Kier molecular flexibility index (Phi) is 7.72. The summed E-state index contributed by atoms with van der Waals surface area (Å²) in [7, 11) is -2.26. The van der Waals surface area contributed by atoms with E-state index in [1.165, 1.54) is 26.8 Å². The molecule has 6 rings (SSSR count). The van der Waals surface area contributed by atoms with Gasteiger partial charge < -0.3 is 17.0 Å². The van der Waals surface area contributed by atoms with Crippen LogP contribution < -0.4 is 38.2 Å². The number of nitro groups is 1. The summed E-state index contributed by atoms with van der Waals surface area (Å²) in [6.07, 6.45) is 0. The highest BCUT2D eigenvalue weighted by molar-refractivity contribution is 8.01. The van der Waals surface area contributed by atoms with E-state index in [-0.39, 0.29) is 27.6 Å². The van der Waals surface area contributed by atoms with E-state index in [9.17, 15) is 10.1 Å². The van der Waals surface area contributed by atoms with Gasteiger partial charge in [0.25, 0.3) is 5.69 Å².